The minimum absolute atomic E-state index is 0.204. The van der Waals surface area contributed by atoms with Gasteiger partial charge in [-0.15, -0.1) is 11.3 Å². The first-order chi connectivity index (χ1) is 11.3. The summed E-state index contributed by atoms with van der Waals surface area (Å²) in [7, 11) is 0. The number of fused-ring (bicyclic) bond motifs is 1. The number of rotatable bonds is 5. The molecule has 1 N–H and O–H groups in total. The van der Waals surface area contributed by atoms with Crippen molar-refractivity contribution in [2.75, 3.05) is 20.0 Å². The number of benzene rings is 1. The van der Waals surface area contributed by atoms with Crippen molar-refractivity contribution >= 4 is 11.3 Å². The Kier molecular flexibility index (Phi) is 4.22. The Morgan fingerprint density at radius 1 is 1.17 bits per heavy atom. The molecule has 5 nitrogen and oxygen atoms in total. The Morgan fingerprint density at radius 3 is 2.70 bits per heavy atom. The van der Waals surface area contributed by atoms with E-state index >= 15 is 0 Å². The summed E-state index contributed by atoms with van der Waals surface area (Å²) in [6.07, 6.45) is 0.421. The fourth-order valence-corrected chi connectivity index (χ4v) is 3.62. The SMILES string of the molecule is OC(CCc1cccs1)c1cc2c(cc1C1OCCO1)OCO2. The summed E-state index contributed by atoms with van der Waals surface area (Å²) in [6, 6.07) is 7.82. The van der Waals surface area contributed by atoms with E-state index in [9.17, 15) is 5.11 Å². The molecule has 1 aromatic heterocycles. The lowest BCUT2D eigenvalue weighted by Gasteiger charge is -2.19. The summed E-state index contributed by atoms with van der Waals surface area (Å²) in [4.78, 5) is 1.26. The Hall–Kier alpha value is -1.60. The van der Waals surface area contributed by atoms with Gasteiger partial charge in [-0.3, -0.25) is 0 Å². The zero-order chi connectivity index (χ0) is 15.6. The van der Waals surface area contributed by atoms with Crippen LogP contribution in [0.1, 0.15) is 34.8 Å². The van der Waals surface area contributed by atoms with Crippen LogP contribution in [0.5, 0.6) is 11.5 Å². The molecule has 0 spiro atoms. The van der Waals surface area contributed by atoms with Crippen LogP contribution in [0, 0.1) is 0 Å². The molecule has 1 aromatic carbocycles. The maximum absolute atomic E-state index is 10.7. The molecule has 0 amide bonds. The third-order valence-corrected chi connectivity index (χ3v) is 4.99. The summed E-state index contributed by atoms with van der Waals surface area (Å²) < 4.78 is 22.1. The van der Waals surface area contributed by atoms with Gasteiger partial charge in [0.2, 0.25) is 6.79 Å². The summed E-state index contributed by atoms with van der Waals surface area (Å²) >= 11 is 1.70. The number of aryl methyl sites for hydroxylation is 1. The van der Waals surface area contributed by atoms with Crippen molar-refractivity contribution in [2.45, 2.75) is 25.2 Å². The van der Waals surface area contributed by atoms with E-state index in [-0.39, 0.29) is 6.79 Å². The van der Waals surface area contributed by atoms with Crippen LogP contribution in [-0.4, -0.2) is 25.1 Å². The first kappa shape index (κ1) is 15.0. The van der Waals surface area contributed by atoms with E-state index in [1.54, 1.807) is 11.3 Å². The Balaban J connectivity index is 1.59. The Bertz CT molecular complexity index is 664. The quantitative estimate of drug-likeness (QED) is 0.910. The minimum atomic E-state index is -0.602. The van der Waals surface area contributed by atoms with Crippen molar-refractivity contribution in [2.24, 2.45) is 0 Å². The maximum Gasteiger partial charge on any atom is 0.231 e. The summed E-state index contributed by atoms with van der Waals surface area (Å²) in [5.41, 5.74) is 1.61. The number of thiophene rings is 1. The van der Waals surface area contributed by atoms with Gasteiger partial charge in [0.05, 0.1) is 19.3 Å². The lowest BCUT2D eigenvalue weighted by Crippen LogP contribution is -2.08. The molecule has 1 unspecified atom stereocenters. The minimum Gasteiger partial charge on any atom is -0.454 e. The molecule has 4 rings (SSSR count). The number of aliphatic hydroxyl groups is 1. The average Bonchev–Trinajstić information content (AvgIpc) is 3.33. The van der Waals surface area contributed by atoms with E-state index in [0.717, 1.165) is 17.5 Å². The summed E-state index contributed by atoms with van der Waals surface area (Å²) in [5, 5.41) is 12.7. The van der Waals surface area contributed by atoms with E-state index in [4.69, 9.17) is 18.9 Å². The van der Waals surface area contributed by atoms with Gasteiger partial charge >= 0.3 is 0 Å². The second kappa shape index (κ2) is 6.49. The monoisotopic (exact) mass is 334 g/mol. The van der Waals surface area contributed by atoms with Crippen LogP contribution in [0.2, 0.25) is 0 Å². The van der Waals surface area contributed by atoms with Gasteiger partial charge in [0.1, 0.15) is 0 Å². The molecular formula is C17H18O5S. The molecule has 6 heteroatoms. The Labute approximate surface area is 138 Å². The second-order valence-electron chi connectivity index (χ2n) is 5.54. The van der Waals surface area contributed by atoms with Gasteiger partial charge in [-0.05, 0) is 42.0 Å². The highest BCUT2D eigenvalue weighted by molar-refractivity contribution is 7.09. The van der Waals surface area contributed by atoms with Crippen LogP contribution in [0.15, 0.2) is 29.6 Å². The molecule has 0 bridgehead atoms. The van der Waals surface area contributed by atoms with Gasteiger partial charge < -0.3 is 24.1 Å². The van der Waals surface area contributed by atoms with Crippen LogP contribution >= 0.6 is 11.3 Å². The zero-order valence-corrected chi connectivity index (χ0v) is 13.4. The fourth-order valence-electron chi connectivity index (χ4n) is 2.89. The number of hydrogen-bond donors (Lipinski definition) is 1. The average molecular weight is 334 g/mol. The smallest absolute Gasteiger partial charge is 0.231 e. The van der Waals surface area contributed by atoms with Crippen LogP contribution in [0.4, 0.5) is 0 Å². The van der Waals surface area contributed by atoms with Crippen molar-refractivity contribution in [3.05, 3.63) is 45.6 Å². The molecule has 1 atom stereocenters. The topological polar surface area (TPSA) is 57.2 Å². The second-order valence-corrected chi connectivity index (χ2v) is 6.57. The number of aliphatic hydroxyl groups excluding tert-OH is 1. The van der Waals surface area contributed by atoms with Gasteiger partial charge in [-0.25, -0.2) is 0 Å². The van der Waals surface area contributed by atoms with Gasteiger partial charge in [-0.2, -0.15) is 0 Å². The molecule has 122 valence electrons. The third kappa shape index (κ3) is 3.07. The largest absolute Gasteiger partial charge is 0.454 e. The van der Waals surface area contributed by atoms with Crippen molar-refractivity contribution in [1.82, 2.24) is 0 Å². The predicted molar refractivity (Wildman–Crippen MR) is 84.8 cm³/mol. The van der Waals surface area contributed by atoms with Gasteiger partial charge in [-0.1, -0.05) is 6.07 Å². The lowest BCUT2D eigenvalue weighted by atomic mass is 9.97. The van der Waals surface area contributed by atoms with E-state index in [2.05, 4.69) is 6.07 Å². The maximum atomic E-state index is 10.7. The first-order valence-electron chi connectivity index (χ1n) is 7.68. The summed E-state index contributed by atoms with van der Waals surface area (Å²) in [6.45, 7) is 1.32. The molecule has 0 radical (unpaired) electrons. The molecule has 3 heterocycles. The van der Waals surface area contributed by atoms with E-state index in [1.165, 1.54) is 4.88 Å². The molecule has 2 aliphatic rings. The molecule has 2 aliphatic heterocycles. The molecule has 1 fully saturated rings. The lowest BCUT2D eigenvalue weighted by molar-refractivity contribution is -0.0462. The third-order valence-electron chi connectivity index (χ3n) is 4.06. The molecular weight excluding hydrogens is 316 g/mol. The van der Waals surface area contributed by atoms with Crippen LogP contribution in [-0.2, 0) is 15.9 Å². The van der Waals surface area contributed by atoms with Crippen LogP contribution in [0.25, 0.3) is 0 Å². The number of hydrogen-bond acceptors (Lipinski definition) is 6. The van der Waals surface area contributed by atoms with Crippen LogP contribution in [0.3, 0.4) is 0 Å². The molecule has 0 aliphatic carbocycles. The normalized spacial score (nSPS) is 18.5. The highest BCUT2D eigenvalue weighted by Crippen LogP contribution is 2.41. The highest BCUT2D eigenvalue weighted by Gasteiger charge is 2.28. The standard InChI is InChI=1S/C17H18O5S/c18-14(4-3-11-2-1-7-23-11)12-8-15-16(22-10-21-15)9-13(12)17-19-5-6-20-17/h1-2,7-9,14,17-18H,3-6,10H2. The van der Waals surface area contributed by atoms with Crippen molar-refractivity contribution < 1.29 is 24.1 Å². The zero-order valence-electron chi connectivity index (χ0n) is 12.6. The highest BCUT2D eigenvalue weighted by atomic mass is 32.1. The Morgan fingerprint density at radius 2 is 1.96 bits per heavy atom. The first-order valence-corrected chi connectivity index (χ1v) is 8.56. The molecule has 23 heavy (non-hydrogen) atoms. The summed E-state index contributed by atoms with van der Waals surface area (Å²) in [5.74, 6) is 1.34. The van der Waals surface area contributed by atoms with Gasteiger partial charge in [0.15, 0.2) is 17.8 Å². The van der Waals surface area contributed by atoms with Gasteiger partial charge in [0, 0.05) is 10.4 Å². The molecule has 2 aromatic rings. The van der Waals surface area contributed by atoms with Crippen molar-refractivity contribution in [3.63, 3.8) is 0 Å². The fraction of sp³-hybridized carbons (Fsp3) is 0.412. The van der Waals surface area contributed by atoms with Crippen LogP contribution < -0.4 is 9.47 Å². The number of ether oxygens (including phenoxy) is 4. The molecule has 1 saturated heterocycles. The van der Waals surface area contributed by atoms with Crippen molar-refractivity contribution in [3.8, 4) is 11.5 Å². The molecule has 0 saturated carbocycles. The van der Waals surface area contributed by atoms with E-state index in [1.807, 2.05) is 23.6 Å². The van der Waals surface area contributed by atoms with E-state index < -0.39 is 12.4 Å². The van der Waals surface area contributed by atoms with Crippen molar-refractivity contribution in [1.29, 1.82) is 0 Å². The van der Waals surface area contributed by atoms with Gasteiger partial charge in [0.25, 0.3) is 0 Å². The van der Waals surface area contributed by atoms with E-state index in [0.29, 0.717) is 31.1 Å². The predicted octanol–water partition coefficient (Wildman–Crippen LogP) is 3.19.